The Morgan fingerprint density at radius 1 is 1.31 bits per heavy atom. The van der Waals surface area contributed by atoms with Crippen molar-refractivity contribution in [3.63, 3.8) is 0 Å². The van der Waals surface area contributed by atoms with E-state index in [4.69, 9.17) is 12.2 Å². The van der Waals surface area contributed by atoms with Gasteiger partial charge in [-0.15, -0.1) is 0 Å². The van der Waals surface area contributed by atoms with Crippen LogP contribution in [0.3, 0.4) is 0 Å². The van der Waals surface area contributed by atoms with Gasteiger partial charge >= 0.3 is 0 Å². The van der Waals surface area contributed by atoms with Gasteiger partial charge in [-0.25, -0.2) is 4.39 Å². The fraction of sp³-hybridized carbons (Fsp3) is 0.300. The highest BCUT2D eigenvalue weighted by molar-refractivity contribution is 7.80. The molecule has 0 bridgehead atoms. The highest BCUT2D eigenvalue weighted by atomic mass is 32.1. The van der Waals surface area contributed by atoms with Crippen LogP contribution in [0, 0.1) is 11.7 Å². The summed E-state index contributed by atoms with van der Waals surface area (Å²) in [7, 11) is 0. The van der Waals surface area contributed by atoms with E-state index in [2.05, 4.69) is 5.32 Å². The molecule has 1 N–H and O–H groups in total. The summed E-state index contributed by atoms with van der Waals surface area (Å²) in [6.45, 7) is 4.03. The van der Waals surface area contributed by atoms with Crippen LogP contribution >= 0.6 is 12.2 Å². The van der Waals surface area contributed by atoms with Crippen molar-refractivity contribution in [2.45, 2.75) is 13.8 Å². The Bertz CT molecular complexity index is 292. The zero-order chi connectivity index (χ0) is 9.84. The molecule has 0 amide bonds. The monoisotopic (exact) mass is 197 g/mol. The zero-order valence-electron chi connectivity index (χ0n) is 7.67. The molecule has 0 aromatic heterocycles. The second-order valence-electron chi connectivity index (χ2n) is 3.15. The molecule has 0 aliphatic heterocycles. The van der Waals surface area contributed by atoms with E-state index in [1.807, 2.05) is 13.8 Å². The van der Waals surface area contributed by atoms with E-state index in [-0.39, 0.29) is 5.82 Å². The van der Waals surface area contributed by atoms with Crippen molar-refractivity contribution in [3.8, 4) is 0 Å². The summed E-state index contributed by atoms with van der Waals surface area (Å²) in [5.74, 6) is 0.0704. The minimum absolute atomic E-state index is 0.235. The third kappa shape index (κ3) is 3.11. The van der Waals surface area contributed by atoms with Crippen molar-refractivity contribution in [3.05, 3.63) is 30.1 Å². The number of hydrogen-bond donors (Lipinski definition) is 1. The van der Waals surface area contributed by atoms with Crippen molar-refractivity contribution in [1.29, 1.82) is 0 Å². The number of anilines is 1. The molecule has 1 aromatic rings. The van der Waals surface area contributed by atoms with Crippen LogP contribution in [0.4, 0.5) is 10.1 Å². The predicted molar refractivity (Wildman–Crippen MR) is 57.5 cm³/mol. The molecule has 0 heterocycles. The lowest BCUT2D eigenvalue weighted by Gasteiger charge is -2.10. The Kier molecular flexibility index (Phi) is 3.37. The molecule has 70 valence electrons. The SMILES string of the molecule is CC(C)C(=S)Nc1ccc(F)cc1. The number of hydrogen-bond acceptors (Lipinski definition) is 1. The molecule has 0 spiro atoms. The Hall–Kier alpha value is -0.960. The molecular weight excluding hydrogens is 185 g/mol. The van der Waals surface area contributed by atoms with Gasteiger partial charge in [0, 0.05) is 11.6 Å². The predicted octanol–water partition coefficient (Wildman–Crippen LogP) is 3.22. The molecular formula is C10H12FNS. The topological polar surface area (TPSA) is 12.0 Å². The Morgan fingerprint density at radius 2 is 1.85 bits per heavy atom. The highest BCUT2D eigenvalue weighted by Crippen LogP contribution is 2.10. The van der Waals surface area contributed by atoms with Gasteiger partial charge in [0.15, 0.2) is 0 Å². The maximum atomic E-state index is 12.5. The quantitative estimate of drug-likeness (QED) is 0.730. The smallest absolute Gasteiger partial charge is 0.123 e. The minimum atomic E-state index is -0.235. The maximum absolute atomic E-state index is 12.5. The van der Waals surface area contributed by atoms with Crippen molar-refractivity contribution < 1.29 is 4.39 Å². The molecule has 0 radical (unpaired) electrons. The molecule has 1 nitrogen and oxygen atoms in total. The third-order valence-electron chi connectivity index (χ3n) is 1.64. The van der Waals surface area contributed by atoms with Crippen molar-refractivity contribution in [1.82, 2.24) is 0 Å². The van der Waals surface area contributed by atoms with E-state index >= 15 is 0 Å². The summed E-state index contributed by atoms with van der Waals surface area (Å²) in [6, 6.07) is 6.16. The van der Waals surface area contributed by atoms with Crippen molar-refractivity contribution >= 4 is 22.9 Å². The standard InChI is InChI=1S/C10H12FNS/c1-7(2)10(13)12-9-5-3-8(11)4-6-9/h3-7H,1-2H3,(H,12,13). The third-order valence-corrected chi connectivity index (χ3v) is 2.21. The number of rotatable bonds is 2. The first-order chi connectivity index (χ1) is 6.09. The van der Waals surface area contributed by atoms with E-state index in [9.17, 15) is 4.39 Å². The number of halogens is 1. The van der Waals surface area contributed by atoms with Crippen LogP contribution < -0.4 is 5.32 Å². The highest BCUT2D eigenvalue weighted by Gasteiger charge is 2.01. The molecule has 0 aliphatic rings. The maximum Gasteiger partial charge on any atom is 0.123 e. The Labute approximate surface area is 83.0 Å². The first-order valence-electron chi connectivity index (χ1n) is 4.16. The van der Waals surface area contributed by atoms with Crippen LogP contribution in [0.25, 0.3) is 0 Å². The largest absolute Gasteiger partial charge is 0.350 e. The minimum Gasteiger partial charge on any atom is -0.350 e. The summed E-state index contributed by atoms with van der Waals surface area (Å²) < 4.78 is 12.5. The van der Waals surface area contributed by atoms with E-state index in [0.29, 0.717) is 5.92 Å². The normalized spacial score (nSPS) is 10.2. The van der Waals surface area contributed by atoms with Gasteiger partial charge in [0.05, 0.1) is 4.99 Å². The van der Waals surface area contributed by atoms with Crippen LogP contribution in [0.2, 0.25) is 0 Å². The molecule has 0 aliphatic carbocycles. The van der Waals surface area contributed by atoms with Crippen LogP contribution in [-0.2, 0) is 0 Å². The molecule has 3 heteroatoms. The molecule has 0 unspecified atom stereocenters. The van der Waals surface area contributed by atoms with Crippen LogP contribution in [-0.4, -0.2) is 4.99 Å². The van der Waals surface area contributed by atoms with E-state index < -0.39 is 0 Å². The van der Waals surface area contributed by atoms with Crippen LogP contribution in [0.5, 0.6) is 0 Å². The fourth-order valence-corrected chi connectivity index (χ4v) is 0.938. The van der Waals surface area contributed by atoms with Gasteiger partial charge in [0.25, 0.3) is 0 Å². The molecule has 1 rings (SSSR count). The molecule has 13 heavy (non-hydrogen) atoms. The van der Waals surface area contributed by atoms with Gasteiger partial charge < -0.3 is 5.32 Å². The lowest BCUT2D eigenvalue weighted by atomic mass is 10.2. The van der Waals surface area contributed by atoms with Crippen LogP contribution in [0.15, 0.2) is 24.3 Å². The van der Waals surface area contributed by atoms with Crippen LogP contribution in [0.1, 0.15) is 13.8 Å². The summed E-state index contributed by atoms with van der Waals surface area (Å²) >= 11 is 5.09. The first-order valence-corrected chi connectivity index (χ1v) is 4.57. The van der Waals surface area contributed by atoms with E-state index in [1.54, 1.807) is 12.1 Å². The number of nitrogens with one attached hydrogen (secondary N) is 1. The zero-order valence-corrected chi connectivity index (χ0v) is 8.49. The van der Waals surface area contributed by atoms with E-state index in [0.717, 1.165) is 10.7 Å². The van der Waals surface area contributed by atoms with Gasteiger partial charge in [0.1, 0.15) is 5.82 Å². The van der Waals surface area contributed by atoms with Gasteiger partial charge in [-0.2, -0.15) is 0 Å². The average Bonchev–Trinajstić information content (AvgIpc) is 2.08. The van der Waals surface area contributed by atoms with Crippen molar-refractivity contribution in [2.24, 2.45) is 5.92 Å². The lowest BCUT2D eigenvalue weighted by Crippen LogP contribution is -2.15. The van der Waals surface area contributed by atoms with Gasteiger partial charge in [-0.1, -0.05) is 26.1 Å². The molecule has 0 saturated carbocycles. The second kappa shape index (κ2) is 4.33. The Balaban J connectivity index is 2.65. The molecule has 0 saturated heterocycles. The Morgan fingerprint density at radius 3 is 2.31 bits per heavy atom. The lowest BCUT2D eigenvalue weighted by molar-refractivity contribution is 0.628. The number of thiocarbonyl (C=S) groups is 1. The fourth-order valence-electron chi connectivity index (χ4n) is 0.820. The van der Waals surface area contributed by atoms with E-state index in [1.165, 1.54) is 12.1 Å². The summed E-state index contributed by atoms with van der Waals surface area (Å²) in [5, 5.41) is 3.03. The molecule has 1 aromatic carbocycles. The number of benzene rings is 1. The summed E-state index contributed by atoms with van der Waals surface area (Å²) in [6.07, 6.45) is 0. The average molecular weight is 197 g/mol. The second-order valence-corrected chi connectivity index (χ2v) is 3.59. The molecule has 0 fully saturated rings. The van der Waals surface area contributed by atoms with Gasteiger partial charge in [0.2, 0.25) is 0 Å². The molecule has 0 atom stereocenters. The van der Waals surface area contributed by atoms with Gasteiger partial charge in [-0.3, -0.25) is 0 Å². The van der Waals surface area contributed by atoms with Gasteiger partial charge in [-0.05, 0) is 24.3 Å². The first kappa shape index (κ1) is 10.1. The summed E-state index contributed by atoms with van der Waals surface area (Å²) in [4.78, 5) is 0.770. The van der Waals surface area contributed by atoms with Crippen molar-refractivity contribution in [2.75, 3.05) is 5.32 Å². The summed E-state index contributed by atoms with van der Waals surface area (Å²) in [5.41, 5.74) is 0.833.